The zero-order chi connectivity index (χ0) is 11.7. The molecule has 2 heterocycles. The summed E-state index contributed by atoms with van der Waals surface area (Å²) in [6.07, 6.45) is 4.20. The molecule has 0 aliphatic carbocycles. The van der Waals surface area contributed by atoms with E-state index >= 15 is 0 Å². The molecule has 1 aliphatic rings. The first-order valence-electron chi connectivity index (χ1n) is 5.76. The summed E-state index contributed by atoms with van der Waals surface area (Å²) in [5.41, 5.74) is 2.29. The van der Waals surface area contributed by atoms with E-state index in [1.807, 2.05) is 23.1 Å². The van der Waals surface area contributed by atoms with Crippen LogP contribution in [0.25, 0.3) is 11.0 Å². The Labute approximate surface area is 98.8 Å². The summed E-state index contributed by atoms with van der Waals surface area (Å²) in [7, 11) is 0. The standard InChI is InChI=1S/C12H13N4O/c17-12(16-6-2-1-3-7-16)9-4-5-10-11(8-9)14-15-13-10/h1,4-5,8H,2-3,6-7H2,(H,13,14,15). The molecule has 17 heavy (non-hydrogen) atoms. The van der Waals surface area contributed by atoms with Crippen LogP contribution in [-0.2, 0) is 0 Å². The van der Waals surface area contributed by atoms with Crippen molar-refractivity contribution in [3.05, 3.63) is 30.2 Å². The van der Waals surface area contributed by atoms with Gasteiger partial charge in [0.1, 0.15) is 5.52 Å². The first-order chi connectivity index (χ1) is 8.34. The van der Waals surface area contributed by atoms with Gasteiger partial charge in [0.25, 0.3) is 5.91 Å². The Morgan fingerprint density at radius 3 is 2.94 bits per heavy atom. The summed E-state index contributed by atoms with van der Waals surface area (Å²) < 4.78 is 0. The fourth-order valence-corrected chi connectivity index (χ4v) is 2.11. The Morgan fingerprint density at radius 1 is 1.29 bits per heavy atom. The van der Waals surface area contributed by atoms with E-state index in [1.54, 1.807) is 0 Å². The Kier molecular flexibility index (Phi) is 2.51. The van der Waals surface area contributed by atoms with Gasteiger partial charge in [0.05, 0.1) is 5.52 Å². The zero-order valence-electron chi connectivity index (χ0n) is 9.39. The van der Waals surface area contributed by atoms with Crippen molar-refractivity contribution in [2.45, 2.75) is 12.8 Å². The van der Waals surface area contributed by atoms with E-state index < -0.39 is 0 Å². The second-order valence-electron chi connectivity index (χ2n) is 4.20. The van der Waals surface area contributed by atoms with Gasteiger partial charge in [-0.1, -0.05) is 5.21 Å². The largest absolute Gasteiger partial charge is 0.339 e. The van der Waals surface area contributed by atoms with Crippen LogP contribution in [-0.4, -0.2) is 39.3 Å². The van der Waals surface area contributed by atoms with Crippen LogP contribution < -0.4 is 0 Å². The third-order valence-corrected chi connectivity index (χ3v) is 3.07. The normalized spacial score (nSPS) is 16.4. The molecule has 1 saturated heterocycles. The second kappa shape index (κ2) is 4.16. The van der Waals surface area contributed by atoms with Gasteiger partial charge in [0, 0.05) is 18.7 Å². The molecule has 1 N–H and O–H groups in total. The summed E-state index contributed by atoms with van der Waals surface area (Å²) >= 11 is 0. The van der Waals surface area contributed by atoms with Crippen LogP contribution in [0, 0.1) is 6.42 Å². The van der Waals surface area contributed by atoms with Gasteiger partial charge in [0.2, 0.25) is 0 Å². The fraction of sp³-hybridized carbons (Fsp3) is 0.333. The molecule has 0 unspecified atom stereocenters. The number of carbonyl (C=O) groups is 1. The summed E-state index contributed by atoms with van der Waals surface area (Å²) in [5, 5.41) is 10.4. The molecule has 1 radical (unpaired) electrons. The van der Waals surface area contributed by atoms with Gasteiger partial charge in [-0.3, -0.25) is 9.89 Å². The number of fused-ring (bicyclic) bond motifs is 1. The van der Waals surface area contributed by atoms with Gasteiger partial charge in [0.15, 0.2) is 0 Å². The number of aromatic nitrogens is 3. The quantitative estimate of drug-likeness (QED) is 0.804. The van der Waals surface area contributed by atoms with Crippen LogP contribution in [0.15, 0.2) is 18.2 Å². The van der Waals surface area contributed by atoms with E-state index in [4.69, 9.17) is 0 Å². The highest BCUT2D eigenvalue weighted by Gasteiger charge is 2.18. The maximum atomic E-state index is 12.2. The smallest absolute Gasteiger partial charge is 0.253 e. The highest BCUT2D eigenvalue weighted by atomic mass is 16.2. The van der Waals surface area contributed by atoms with Gasteiger partial charge < -0.3 is 4.90 Å². The molecule has 0 atom stereocenters. The highest BCUT2D eigenvalue weighted by Crippen LogP contribution is 2.15. The summed E-state index contributed by atoms with van der Waals surface area (Å²) in [5.74, 6) is 0.0922. The molecular weight excluding hydrogens is 216 g/mol. The van der Waals surface area contributed by atoms with Crippen LogP contribution in [0.1, 0.15) is 23.2 Å². The average Bonchev–Trinajstić information content (AvgIpc) is 2.86. The summed E-state index contributed by atoms with van der Waals surface area (Å²) in [4.78, 5) is 14.1. The molecule has 1 aromatic heterocycles. The molecule has 1 amide bonds. The zero-order valence-corrected chi connectivity index (χ0v) is 9.39. The van der Waals surface area contributed by atoms with Crippen molar-refractivity contribution in [3.63, 3.8) is 0 Å². The first kappa shape index (κ1) is 10.3. The van der Waals surface area contributed by atoms with Gasteiger partial charge in [-0.05, 0) is 37.5 Å². The molecule has 5 heteroatoms. The van der Waals surface area contributed by atoms with Crippen LogP contribution in [0.5, 0.6) is 0 Å². The first-order valence-corrected chi connectivity index (χ1v) is 5.76. The van der Waals surface area contributed by atoms with E-state index in [0.29, 0.717) is 5.56 Å². The lowest BCUT2D eigenvalue weighted by Crippen LogP contribution is -2.35. The minimum Gasteiger partial charge on any atom is -0.339 e. The van der Waals surface area contributed by atoms with Crippen molar-refractivity contribution in [2.24, 2.45) is 0 Å². The van der Waals surface area contributed by atoms with Gasteiger partial charge in [-0.15, -0.1) is 5.10 Å². The van der Waals surface area contributed by atoms with Gasteiger partial charge in [-0.25, -0.2) is 0 Å². The molecule has 0 saturated carbocycles. The third-order valence-electron chi connectivity index (χ3n) is 3.07. The minimum atomic E-state index is 0.0922. The lowest BCUT2D eigenvalue weighted by atomic mass is 10.1. The van der Waals surface area contributed by atoms with Gasteiger partial charge >= 0.3 is 0 Å². The number of hydrogen-bond acceptors (Lipinski definition) is 3. The minimum absolute atomic E-state index is 0.0922. The second-order valence-corrected chi connectivity index (χ2v) is 4.20. The van der Waals surface area contributed by atoms with Crippen LogP contribution in [0.2, 0.25) is 0 Å². The summed E-state index contributed by atoms with van der Waals surface area (Å²) in [6, 6.07) is 5.45. The van der Waals surface area contributed by atoms with Crippen LogP contribution in [0.4, 0.5) is 0 Å². The molecule has 1 fully saturated rings. The Morgan fingerprint density at radius 2 is 2.12 bits per heavy atom. The van der Waals surface area contributed by atoms with E-state index in [2.05, 4.69) is 21.8 Å². The number of piperidine rings is 1. The van der Waals surface area contributed by atoms with Gasteiger partial charge in [-0.2, -0.15) is 0 Å². The predicted octanol–water partition coefficient (Wildman–Crippen LogP) is 1.40. The maximum Gasteiger partial charge on any atom is 0.253 e. The number of likely N-dealkylation sites (tertiary alicyclic amines) is 1. The molecule has 0 spiro atoms. The number of aromatic amines is 1. The van der Waals surface area contributed by atoms with Crippen LogP contribution >= 0.6 is 0 Å². The van der Waals surface area contributed by atoms with Crippen molar-refractivity contribution in [1.29, 1.82) is 0 Å². The maximum absolute atomic E-state index is 12.2. The van der Waals surface area contributed by atoms with Crippen LogP contribution in [0.3, 0.4) is 0 Å². The molecule has 2 aromatic rings. The SMILES string of the molecule is O=C(c1ccc2nn[nH]c2c1)N1CC[CH]CC1. The molecule has 1 aromatic carbocycles. The number of carbonyl (C=O) groups excluding carboxylic acids is 1. The van der Waals surface area contributed by atoms with Crippen molar-refractivity contribution in [2.75, 3.05) is 13.1 Å². The number of hydrogen-bond donors (Lipinski definition) is 1. The predicted molar refractivity (Wildman–Crippen MR) is 63.3 cm³/mol. The number of benzene rings is 1. The lowest BCUT2D eigenvalue weighted by molar-refractivity contribution is 0.0742. The number of nitrogens with zero attached hydrogens (tertiary/aromatic N) is 3. The van der Waals surface area contributed by atoms with E-state index in [1.165, 1.54) is 0 Å². The summed E-state index contributed by atoms with van der Waals surface area (Å²) in [6.45, 7) is 1.64. The molecule has 5 nitrogen and oxygen atoms in total. The average molecular weight is 229 g/mol. The number of nitrogens with one attached hydrogen (secondary N) is 1. The topological polar surface area (TPSA) is 61.9 Å². The highest BCUT2D eigenvalue weighted by molar-refractivity contribution is 5.97. The van der Waals surface area contributed by atoms with E-state index in [9.17, 15) is 4.79 Å². The van der Waals surface area contributed by atoms with E-state index in [0.717, 1.165) is 37.0 Å². The van der Waals surface area contributed by atoms with Crippen molar-refractivity contribution >= 4 is 16.9 Å². The monoisotopic (exact) mass is 229 g/mol. The van der Waals surface area contributed by atoms with Crippen molar-refractivity contribution in [3.8, 4) is 0 Å². The lowest BCUT2D eigenvalue weighted by Gasteiger charge is -2.26. The molecule has 0 bridgehead atoms. The molecule has 1 aliphatic heterocycles. The molecule has 87 valence electrons. The third kappa shape index (κ3) is 1.88. The van der Waals surface area contributed by atoms with Crippen molar-refractivity contribution in [1.82, 2.24) is 20.3 Å². The Hall–Kier alpha value is -1.91. The molecule has 3 rings (SSSR count). The molecular formula is C12H13N4O. The Balaban J connectivity index is 1.88. The Bertz CT molecular complexity index is 542. The number of amides is 1. The number of H-pyrrole nitrogens is 1. The fourth-order valence-electron chi connectivity index (χ4n) is 2.11. The van der Waals surface area contributed by atoms with E-state index in [-0.39, 0.29) is 5.91 Å². The van der Waals surface area contributed by atoms with Crippen molar-refractivity contribution < 1.29 is 4.79 Å². The number of rotatable bonds is 1.